The molecule has 0 saturated carbocycles. The molecule has 6 rings (SSSR count). The quantitative estimate of drug-likeness (QED) is 0.464. The molecular weight excluding hydrogens is 384 g/mol. The lowest BCUT2D eigenvalue weighted by atomic mass is 9.71. The number of pyridine rings is 1. The van der Waals surface area contributed by atoms with E-state index >= 15 is 0 Å². The number of quaternary nitrogens is 1. The summed E-state index contributed by atoms with van der Waals surface area (Å²) in [5, 5.41) is 22.4. The monoisotopic (exact) mass is 415 g/mol. The number of benzene rings is 2. The highest BCUT2D eigenvalue weighted by atomic mass is 16.3. The zero-order valence-electron chi connectivity index (χ0n) is 17.9. The van der Waals surface area contributed by atoms with Gasteiger partial charge in [-0.15, -0.1) is 6.58 Å². The van der Waals surface area contributed by atoms with Gasteiger partial charge in [0.2, 0.25) is 0 Å². The van der Waals surface area contributed by atoms with Crippen LogP contribution in [0.1, 0.15) is 35.6 Å². The van der Waals surface area contributed by atoms with E-state index in [1.165, 1.54) is 12.0 Å². The molecule has 4 heterocycles. The first-order chi connectivity index (χ1) is 15.1. The molecule has 3 unspecified atom stereocenters. The van der Waals surface area contributed by atoms with Gasteiger partial charge in [0.15, 0.2) is 0 Å². The largest absolute Gasteiger partial charge is 0.392 e. The molecule has 3 fully saturated rings. The summed E-state index contributed by atoms with van der Waals surface area (Å²) < 4.78 is 0.905. The Morgan fingerprint density at radius 1 is 1.13 bits per heavy atom. The molecular formula is C27H31N2O2+. The van der Waals surface area contributed by atoms with Gasteiger partial charge in [-0.2, -0.15) is 0 Å². The van der Waals surface area contributed by atoms with E-state index in [1.807, 2.05) is 24.3 Å². The number of nitrogens with zero attached hydrogens (tertiary/aromatic N) is 2. The lowest BCUT2D eigenvalue weighted by Gasteiger charge is -2.58. The van der Waals surface area contributed by atoms with Gasteiger partial charge in [-0.1, -0.05) is 42.5 Å². The first-order valence-corrected chi connectivity index (χ1v) is 11.3. The van der Waals surface area contributed by atoms with Crippen molar-refractivity contribution in [2.45, 2.75) is 38.1 Å². The number of rotatable bonds is 6. The van der Waals surface area contributed by atoms with Gasteiger partial charge >= 0.3 is 0 Å². The smallest absolute Gasteiger partial charge is 0.131 e. The third kappa shape index (κ3) is 3.59. The van der Waals surface area contributed by atoms with Gasteiger partial charge < -0.3 is 14.7 Å². The topological polar surface area (TPSA) is 53.4 Å². The number of piperidine rings is 3. The summed E-state index contributed by atoms with van der Waals surface area (Å²) in [5.74, 6) is 1.10. The highest BCUT2D eigenvalue weighted by Crippen LogP contribution is 2.48. The van der Waals surface area contributed by atoms with E-state index in [0.717, 1.165) is 52.6 Å². The van der Waals surface area contributed by atoms with Crippen molar-refractivity contribution in [2.75, 3.05) is 13.1 Å². The zero-order chi connectivity index (χ0) is 21.4. The first-order valence-electron chi connectivity index (χ1n) is 11.3. The molecule has 3 aliphatic heterocycles. The van der Waals surface area contributed by atoms with Crippen molar-refractivity contribution in [3.8, 4) is 0 Å². The molecule has 4 heteroatoms. The molecule has 2 aromatic carbocycles. The highest BCUT2D eigenvalue weighted by Gasteiger charge is 2.53. The summed E-state index contributed by atoms with van der Waals surface area (Å²) in [6.45, 7) is 7.18. The number of hydrogen-bond acceptors (Lipinski definition) is 3. The second-order valence-electron chi connectivity index (χ2n) is 9.37. The van der Waals surface area contributed by atoms with Crippen LogP contribution in [0, 0.1) is 11.8 Å². The van der Waals surface area contributed by atoms with Gasteiger partial charge in [-0.3, -0.25) is 4.98 Å². The van der Waals surface area contributed by atoms with Gasteiger partial charge in [-0.25, -0.2) is 0 Å². The molecule has 160 valence electrons. The lowest BCUT2D eigenvalue weighted by molar-refractivity contribution is -0.984. The minimum atomic E-state index is -0.572. The number of aliphatic hydroxyl groups excluding tert-OH is 2. The van der Waals surface area contributed by atoms with Crippen molar-refractivity contribution in [2.24, 2.45) is 11.8 Å². The van der Waals surface area contributed by atoms with Crippen LogP contribution in [0.5, 0.6) is 0 Å². The maximum Gasteiger partial charge on any atom is 0.131 e. The molecule has 2 bridgehead atoms. The molecule has 3 aliphatic rings. The predicted octanol–water partition coefficient (Wildman–Crippen LogP) is 4.37. The van der Waals surface area contributed by atoms with Crippen LogP contribution in [-0.4, -0.2) is 38.8 Å². The van der Waals surface area contributed by atoms with Crippen molar-refractivity contribution in [3.63, 3.8) is 0 Å². The van der Waals surface area contributed by atoms with Crippen molar-refractivity contribution >= 4 is 10.9 Å². The minimum absolute atomic E-state index is 0.0130. The first kappa shape index (κ1) is 20.4. The maximum absolute atomic E-state index is 11.8. The molecule has 0 spiro atoms. The average Bonchev–Trinajstić information content (AvgIpc) is 2.83. The Labute approximate surface area is 184 Å². The number of aliphatic hydroxyl groups is 2. The van der Waals surface area contributed by atoms with E-state index in [2.05, 4.69) is 48.0 Å². The van der Waals surface area contributed by atoms with Crippen LogP contribution in [0.15, 0.2) is 73.4 Å². The molecule has 1 aromatic heterocycles. The fourth-order valence-electron chi connectivity index (χ4n) is 6.11. The van der Waals surface area contributed by atoms with Crippen molar-refractivity contribution in [1.82, 2.24) is 4.98 Å². The fraction of sp³-hybridized carbons (Fsp3) is 0.370. The van der Waals surface area contributed by atoms with Crippen LogP contribution in [-0.2, 0) is 13.2 Å². The second kappa shape index (κ2) is 8.19. The molecule has 0 amide bonds. The van der Waals surface area contributed by atoms with E-state index in [1.54, 1.807) is 6.20 Å². The van der Waals surface area contributed by atoms with Gasteiger partial charge in [-0.05, 0) is 35.2 Å². The molecule has 4 nitrogen and oxygen atoms in total. The zero-order valence-corrected chi connectivity index (χ0v) is 17.9. The van der Waals surface area contributed by atoms with E-state index in [-0.39, 0.29) is 12.6 Å². The van der Waals surface area contributed by atoms with Crippen LogP contribution >= 0.6 is 0 Å². The van der Waals surface area contributed by atoms with Crippen molar-refractivity contribution < 1.29 is 14.7 Å². The van der Waals surface area contributed by atoms with Crippen molar-refractivity contribution in [3.05, 3.63) is 90.1 Å². The van der Waals surface area contributed by atoms with Crippen molar-refractivity contribution in [1.29, 1.82) is 0 Å². The molecule has 3 saturated heterocycles. The Morgan fingerprint density at radius 3 is 2.74 bits per heavy atom. The predicted molar refractivity (Wildman–Crippen MR) is 123 cm³/mol. The normalized spacial score (nSPS) is 28.5. The van der Waals surface area contributed by atoms with E-state index in [9.17, 15) is 10.2 Å². The molecule has 31 heavy (non-hydrogen) atoms. The molecule has 3 aromatic rings. The highest BCUT2D eigenvalue weighted by molar-refractivity contribution is 5.83. The van der Waals surface area contributed by atoms with Crippen LogP contribution in [0.2, 0.25) is 0 Å². The molecule has 0 aliphatic carbocycles. The Balaban J connectivity index is 1.56. The summed E-state index contributed by atoms with van der Waals surface area (Å²) in [7, 11) is 0. The summed E-state index contributed by atoms with van der Waals surface area (Å²) in [6.07, 6.45) is 5.56. The lowest BCUT2D eigenvalue weighted by Crippen LogP contribution is -2.67. The Bertz CT molecular complexity index is 1080. The van der Waals surface area contributed by atoms with Crippen LogP contribution in [0.25, 0.3) is 10.9 Å². The second-order valence-corrected chi connectivity index (χ2v) is 9.37. The fourth-order valence-corrected chi connectivity index (χ4v) is 6.11. The maximum atomic E-state index is 11.8. The van der Waals surface area contributed by atoms with E-state index < -0.39 is 6.10 Å². The third-order valence-corrected chi connectivity index (χ3v) is 7.72. The van der Waals surface area contributed by atoms with Gasteiger partial charge in [0, 0.05) is 35.9 Å². The van der Waals surface area contributed by atoms with Gasteiger partial charge in [0.1, 0.15) is 18.7 Å². The Hall–Kier alpha value is -2.53. The van der Waals surface area contributed by atoms with E-state index in [4.69, 9.17) is 0 Å². The van der Waals surface area contributed by atoms with Gasteiger partial charge in [0.25, 0.3) is 0 Å². The standard InChI is InChI=1S/C27H31N2O2/c1-2-21-17-29(16-19-6-4-3-5-7-19)13-11-22(21)15-26(29)27(31)23-10-12-28-25-9-8-20(18-30)14-24(23)25/h2-10,12,14,21-22,26-27,30-31H,1,11,13,15-18H2/q+1/t21?,22?,26-,27+,29?/m1/s1. The third-order valence-electron chi connectivity index (χ3n) is 7.72. The molecule has 0 radical (unpaired) electrons. The summed E-state index contributed by atoms with van der Waals surface area (Å²) in [6, 6.07) is 18.6. The SMILES string of the molecule is C=CC1C[N+]2(Cc3ccccc3)CCC1C[C@@H]2[C@@H](O)c1ccnc2ccc(CO)cc12. The Morgan fingerprint density at radius 2 is 1.97 bits per heavy atom. The summed E-state index contributed by atoms with van der Waals surface area (Å²) >= 11 is 0. The molecule has 5 atom stereocenters. The summed E-state index contributed by atoms with van der Waals surface area (Å²) in [5.41, 5.74) is 3.96. The number of fused-ring (bicyclic) bond motifs is 4. The minimum Gasteiger partial charge on any atom is -0.392 e. The van der Waals surface area contributed by atoms with Gasteiger partial charge in [0.05, 0.1) is 25.2 Å². The van der Waals surface area contributed by atoms with Crippen LogP contribution in [0.4, 0.5) is 0 Å². The van der Waals surface area contributed by atoms with Crippen LogP contribution < -0.4 is 0 Å². The number of hydrogen-bond donors (Lipinski definition) is 2. The van der Waals surface area contributed by atoms with E-state index in [0.29, 0.717) is 11.8 Å². The Kier molecular flexibility index (Phi) is 5.39. The number of aromatic nitrogens is 1. The molecule has 2 N–H and O–H groups in total. The summed E-state index contributed by atoms with van der Waals surface area (Å²) in [4.78, 5) is 4.49. The average molecular weight is 416 g/mol. The van der Waals surface area contributed by atoms with Crippen LogP contribution in [0.3, 0.4) is 0 Å².